The summed E-state index contributed by atoms with van der Waals surface area (Å²) in [6, 6.07) is 18.3. The van der Waals surface area contributed by atoms with Crippen LogP contribution in [0.2, 0.25) is 5.02 Å². The number of nitrogens with two attached hydrogens (primary N) is 1. The molecule has 0 unspecified atom stereocenters. The van der Waals surface area contributed by atoms with Crippen LogP contribution in [0.1, 0.15) is 5.56 Å². The van der Waals surface area contributed by atoms with Gasteiger partial charge in [0.15, 0.2) is 5.82 Å². The molecule has 0 aliphatic rings. The number of aromatic nitrogens is 4. The fraction of sp³-hybridized carbons (Fsp3) is 0.0417. The number of benzene rings is 3. The molecular formula is C24H16ClF2N5O. The summed E-state index contributed by atoms with van der Waals surface area (Å²) in [5.41, 5.74) is 7.86. The average molecular weight is 464 g/mol. The number of hydrogen-bond donors (Lipinski definition) is 1. The van der Waals surface area contributed by atoms with Crippen molar-refractivity contribution in [2.75, 3.05) is 0 Å². The number of para-hydroxylation sites is 1. The monoisotopic (exact) mass is 463 g/mol. The van der Waals surface area contributed by atoms with Crippen molar-refractivity contribution in [2.45, 2.75) is 6.54 Å². The van der Waals surface area contributed by atoms with Gasteiger partial charge in [0.2, 0.25) is 0 Å². The molecule has 5 rings (SSSR count). The van der Waals surface area contributed by atoms with Gasteiger partial charge in [-0.2, -0.15) is 4.68 Å². The lowest BCUT2D eigenvalue weighted by Gasteiger charge is -2.12. The molecule has 5 aromatic rings. The van der Waals surface area contributed by atoms with Gasteiger partial charge >= 0.3 is 0 Å². The molecule has 0 bridgehead atoms. The first-order valence-corrected chi connectivity index (χ1v) is 10.4. The summed E-state index contributed by atoms with van der Waals surface area (Å²) in [5.74, 6) is -0.968. The van der Waals surface area contributed by atoms with Crippen LogP contribution in [0.5, 0.6) is 0 Å². The highest BCUT2D eigenvalue weighted by Crippen LogP contribution is 2.30. The van der Waals surface area contributed by atoms with E-state index in [1.54, 1.807) is 41.0 Å². The zero-order valence-corrected chi connectivity index (χ0v) is 17.8. The maximum absolute atomic E-state index is 14.8. The summed E-state index contributed by atoms with van der Waals surface area (Å²) >= 11 is 6.28. The molecule has 164 valence electrons. The second-order valence-electron chi connectivity index (χ2n) is 7.32. The van der Waals surface area contributed by atoms with E-state index in [1.165, 1.54) is 22.9 Å². The largest absolute Gasteiger partial charge is 0.326 e. The lowest BCUT2D eigenvalue weighted by Crippen LogP contribution is -2.22. The molecule has 0 saturated carbocycles. The van der Waals surface area contributed by atoms with E-state index in [0.29, 0.717) is 34.1 Å². The molecule has 0 spiro atoms. The Balaban J connectivity index is 1.82. The molecule has 0 aliphatic heterocycles. The molecule has 0 amide bonds. The molecule has 2 heterocycles. The van der Waals surface area contributed by atoms with Crippen molar-refractivity contribution in [1.29, 1.82) is 0 Å². The highest BCUT2D eigenvalue weighted by molar-refractivity contribution is 6.32. The van der Waals surface area contributed by atoms with Crippen molar-refractivity contribution in [3.63, 3.8) is 0 Å². The van der Waals surface area contributed by atoms with E-state index in [2.05, 4.69) is 10.1 Å². The maximum Gasteiger partial charge on any atom is 0.271 e. The Morgan fingerprint density at radius 1 is 0.970 bits per heavy atom. The van der Waals surface area contributed by atoms with Crippen molar-refractivity contribution < 1.29 is 8.78 Å². The highest BCUT2D eigenvalue weighted by atomic mass is 35.5. The zero-order valence-electron chi connectivity index (χ0n) is 17.0. The number of fused-ring (bicyclic) bond motifs is 1. The molecule has 9 heteroatoms. The smallest absolute Gasteiger partial charge is 0.271 e. The Bertz CT molecular complexity index is 1580. The summed E-state index contributed by atoms with van der Waals surface area (Å²) in [6.07, 6.45) is 0. The summed E-state index contributed by atoms with van der Waals surface area (Å²) in [7, 11) is 0. The molecule has 2 aromatic heterocycles. The van der Waals surface area contributed by atoms with Crippen molar-refractivity contribution in [3.8, 4) is 22.9 Å². The fourth-order valence-corrected chi connectivity index (χ4v) is 3.87. The topological polar surface area (TPSA) is 78.7 Å². The van der Waals surface area contributed by atoms with Gasteiger partial charge in [0.25, 0.3) is 5.56 Å². The first-order valence-electron chi connectivity index (χ1n) is 9.99. The Morgan fingerprint density at radius 3 is 2.55 bits per heavy atom. The number of hydrogen-bond acceptors (Lipinski definition) is 4. The van der Waals surface area contributed by atoms with E-state index in [1.807, 2.05) is 6.07 Å². The lowest BCUT2D eigenvalue weighted by molar-refractivity contribution is 0.584. The van der Waals surface area contributed by atoms with Gasteiger partial charge in [-0.05, 0) is 48.0 Å². The number of rotatable bonds is 4. The molecule has 2 N–H and O–H groups in total. The summed E-state index contributed by atoms with van der Waals surface area (Å²) in [6.45, 7) is 0.304. The molecular weight excluding hydrogens is 448 g/mol. The first-order chi connectivity index (χ1) is 16.0. The predicted molar refractivity (Wildman–Crippen MR) is 123 cm³/mol. The summed E-state index contributed by atoms with van der Waals surface area (Å²) < 4.78 is 31.1. The summed E-state index contributed by atoms with van der Waals surface area (Å²) in [5, 5.41) is 4.84. The van der Waals surface area contributed by atoms with Gasteiger partial charge in [0.05, 0.1) is 27.3 Å². The Morgan fingerprint density at radius 2 is 1.79 bits per heavy atom. The van der Waals surface area contributed by atoms with Crippen LogP contribution in [0.4, 0.5) is 8.78 Å². The third-order valence-corrected chi connectivity index (χ3v) is 5.54. The molecule has 6 nitrogen and oxygen atoms in total. The van der Waals surface area contributed by atoms with E-state index in [9.17, 15) is 13.6 Å². The van der Waals surface area contributed by atoms with Crippen LogP contribution in [-0.4, -0.2) is 19.3 Å². The standard InChI is InChI=1S/C24H16ClF2N5O/c25-17-3-1-2-4-20(17)32-23(33)10-9-22(30-32)31-21-8-5-14(13-28)11-19(21)29-24(31)16-7-6-15(26)12-18(16)27/h1-12H,13,28H2. The number of halogens is 3. The van der Waals surface area contributed by atoms with Gasteiger partial charge in [0.1, 0.15) is 17.5 Å². The molecule has 0 aliphatic carbocycles. The van der Waals surface area contributed by atoms with E-state index >= 15 is 0 Å². The van der Waals surface area contributed by atoms with Crippen LogP contribution < -0.4 is 11.3 Å². The molecule has 0 atom stereocenters. The fourth-order valence-electron chi connectivity index (χ4n) is 3.65. The summed E-state index contributed by atoms with van der Waals surface area (Å²) in [4.78, 5) is 17.2. The van der Waals surface area contributed by atoms with Gasteiger partial charge in [0, 0.05) is 18.7 Å². The molecule has 0 fully saturated rings. The van der Waals surface area contributed by atoms with E-state index in [0.717, 1.165) is 17.7 Å². The minimum Gasteiger partial charge on any atom is -0.326 e. The van der Waals surface area contributed by atoms with Crippen LogP contribution in [0.25, 0.3) is 33.9 Å². The highest BCUT2D eigenvalue weighted by Gasteiger charge is 2.20. The molecule has 33 heavy (non-hydrogen) atoms. The van der Waals surface area contributed by atoms with Crippen molar-refractivity contribution in [2.24, 2.45) is 5.73 Å². The van der Waals surface area contributed by atoms with Crippen LogP contribution in [-0.2, 0) is 6.54 Å². The molecule has 0 radical (unpaired) electrons. The number of imidazole rings is 1. The average Bonchev–Trinajstić information content (AvgIpc) is 3.18. The van der Waals surface area contributed by atoms with Gasteiger partial charge in [-0.3, -0.25) is 9.36 Å². The quantitative estimate of drug-likeness (QED) is 0.421. The van der Waals surface area contributed by atoms with Crippen LogP contribution in [0.15, 0.2) is 77.6 Å². The Labute approximate surface area is 191 Å². The van der Waals surface area contributed by atoms with Crippen molar-refractivity contribution in [1.82, 2.24) is 19.3 Å². The minimum atomic E-state index is -0.773. The lowest BCUT2D eigenvalue weighted by atomic mass is 10.2. The SMILES string of the molecule is NCc1ccc2c(c1)nc(-c1ccc(F)cc1F)n2-c1ccc(=O)n(-c2ccccc2Cl)n1. The second-order valence-corrected chi connectivity index (χ2v) is 7.72. The van der Waals surface area contributed by atoms with Crippen LogP contribution >= 0.6 is 11.6 Å². The van der Waals surface area contributed by atoms with Gasteiger partial charge in [-0.1, -0.05) is 29.8 Å². The first kappa shape index (κ1) is 21.0. The minimum absolute atomic E-state index is 0.0826. The third-order valence-electron chi connectivity index (χ3n) is 5.22. The van der Waals surface area contributed by atoms with Crippen LogP contribution in [0, 0.1) is 11.6 Å². The van der Waals surface area contributed by atoms with Gasteiger partial charge < -0.3 is 5.73 Å². The molecule has 0 saturated heterocycles. The van der Waals surface area contributed by atoms with E-state index in [4.69, 9.17) is 17.3 Å². The van der Waals surface area contributed by atoms with E-state index in [-0.39, 0.29) is 11.4 Å². The van der Waals surface area contributed by atoms with Crippen molar-refractivity contribution >= 4 is 22.6 Å². The molecule has 3 aromatic carbocycles. The second kappa shape index (κ2) is 8.23. The third kappa shape index (κ3) is 3.69. The van der Waals surface area contributed by atoms with Gasteiger partial charge in [-0.25, -0.2) is 13.8 Å². The normalized spacial score (nSPS) is 11.3. The maximum atomic E-state index is 14.8. The number of nitrogens with zero attached hydrogens (tertiary/aromatic N) is 4. The van der Waals surface area contributed by atoms with E-state index < -0.39 is 17.2 Å². The van der Waals surface area contributed by atoms with Crippen molar-refractivity contribution in [3.05, 3.63) is 105 Å². The van der Waals surface area contributed by atoms with Gasteiger partial charge in [-0.15, -0.1) is 5.10 Å². The van der Waals surface area contributed by atoms with Crippen LogP contribution in [0.3, 0.4) is 0 Å². The Kier molecular flexibility index (Phi) is 5.24. The zero-order chi connectivity index (χ0) is 23.1. The Hall–Kier alpha value is -3.88. The predicted octanol–water partition coefficient (Wildman–Crippen LogP) is 4.63.